The predicted octanol–water partition coefficient (Wildman–Crippen LogP) is 5.78. The van der Waals surface area contributed by atoms with Crippen molar-refractivity contribution in [2.24, 2.45) is 0 Å². The minimum absolute atomic E-state index is 0.0645. The Balaban J connectivity index is 0.000000527. The number of anilines is 1. The summed E-state index contributed by atoms with van der Waals surface area (Å²) in [6.45, 7) is 2.33. The normalized spacial score (nSPS) is 21.4. The van der Waals surface area contributed by atoms with Gasteiger partial charge in [-0.3, -0.25) is 9.59 Å². The van der Waals surface area contributed by atoms with Crippen molar-refractivity contribution in [1.29, 1.82) is 0 Å². The van der Waals surface area contributed by atoms with Crippen LogP contribution in [0.1, 0.15) is 54.8 Å². The van der Waals surface area contributed by atoms with Crippen molar-refractivity contribution in [3.05, 3.63) is 93.5 Å². The molecule has 2 amide bonds. The van der Waals surface area contributed by atoms with Gasteiger partial charge in [-0.2, -0.15) is 0 Å². The number of nitrogens with zero attached hydrogens (tertiary/aromatic N) is 1. The molecule has 2 fully saturated rings. The number of amides is 2. The first-order valence-corrected chi connectivity index (χ1v) is 18.1. The number of likely N-dealkylation sites (tertiary alicyclic amines) is 1. The maximum absolute atomic E-state index is 13.6. The summed E-state index contributed by atoms with van der Waals surface area (Å²) in [5.41, 5.74) is 1.71. The van der Waals surface area contributed by atoms with E-state index >= 15 is 0 Å². The van der Waals surface area contributed by atoms with E-state index in [1.165, 1.54) is 6.26 Å². The lowest BCUT2D eigenvalue weighted by molar-refractivity contribution is -0.130. The molecule has 6 rings (SSSR count). The standard InChI is InChI=1S/C29H32ClN3O5S.C6H5Cl/c1-3-19-5-8-25(38-21-10-14-33(15-11-21)13-4-16-39(2,36)37)22(17-19)27-29(12-9-26(34)32-27)23-7-6-20(30)18-24(23)31-28(29)35;7-6-4-2-1-3-5-6/h1,5-8,17-18,21,27H,4,9-16H2,2H3,(H,31,35)(H,32,34);1-5H/t27-,29-;/m1./s1. The van der Waals surface area contributed by atoms with Crippen molar-refractivity contribution >= 4 is 50.5 Å². The zero-order valence-electron chi connectivity index (χ0n) is 25.6. The Bertz CT molecular complexity index is 1740. The highest BCUT2D eigenvalue weighted by molar-refractivity contribution is 7.90. The van der Waals surface area contributed by atoms with E-state index in [1.807, 2.05) is 48.5 Å². The molecule has 0 unspecified atom stereocenters. The summed E-state index contributed by atoms with van der Waals surface area (Å²) in [5.74, 6) is 3.11. The predicted molar refractivity (Wildman–Crippen MR) is 182 cm³/mol. The van der Waals surface area contributed by atoms with Crippen LogP contribution in [0, 0.1) is 12.3 Å². The highest BCUT2D eigenvalue weighted by Gasteiger charge is 2.56. The molecule has 8 nitrogen and oxygen atoms in total. The van der Waals surface area contributed by atoms with E-state index in [0.717, 1.165) is 43.1 Å². The SMILES string of the molecule is C#Cc1ccc(OC2CCN(CCCS(C)(=O)=O)CC2)c([C@H]2NC(=O)CC[C@]23C(=O)Nc2cc(Cl)ccc23)c1.Clc1ccccc1. The van der Waals surface area contributed by atoms with E-state index < -0.39 is 21.3 Å². The number of terminal acetylenes is 1. The number of piperidine rings is 2. The van der Waals surface area contributed by atoms with E-state index in [4.69, 9.17) is 34.4 Å². The number of sulfone groups is 1. The number of rotatable bonds is 7. The van der Waals surface area contributed by atoms with Crippen molar-refractivity contribution in [3.63, 3.8) is 0 Å². The molecular weight excluding hydrogens is 645 g/mol. The Labute approximate surface area is 280 Å². The van der Waals surface area contributed by atoms with Gasteiger partial charge in [-0.25, -0.2) is 8.42 Å². The quantitative estimate of drug-likeness (QED) is 0.307. The first-order chi connectivity index (χ1) is 22.0. The Morgan fingerprint density at radius 2 is 1.76 bits per heavy atom. The van der Waals surface area contributed by atoms with Gasteiger partial charge in [0.15, 0.2) is 0 Å². The van der Waals surface area contributed by atoms with Gasteiger partial charge in [0, 0.05) is 52.6 Å². The average molecular weight is 683 g/mol. The van der Waals surface area contributed by atoms with Crippen LogP contribution in [-0.2, 0) is 24.8 Å². The van der Waals surface area contributed by atoms with Crippen LogP contribution < -0.4 is 15.4 Å². The Hall–Kier alpha value is -3.55. The number of halogens is 2. The monoisotopic (exact) mass is 681 g/mol. The summed E-state index contributed by atoms with van der Waals surface area (Å²) in [5, 5.41) is 7.37. The number of fused-ring (bicyclic) bond motifs is 2. The summed E-state index contributed by atoms with van der Waals surface area (Å²) in [4.78, 5) is 28.6. The Morgan fingerprint density at radius 3 is 2.41 bits per heavy atom. The molecule has 242 valence electrons. The van der Waals surface area contributed by atoms with Crippen molar-refractivity contribution in [2.75, 3.05) is 37.0 Å². The van der Waals surface area contributed by atoms with Crippen molar-refractivity contribution in [1.82, 2.24) is 10.2 Å². The van der Waals surface area contributed by atoms with Crippen LogP contribution in [0.25, 0.3) is 0 Å². The second kappa shape index (κ2) is 14.5. The van der Waals surface area contributed by atoms with Gasteiger partial charge >= 0.3 is 0 Å². The van der Waals surface area contributed by atoms with E-state index in [2.05, 4.69) is 21.5 Å². The maximum atomic E-state index is 13.6. The summed E-state index contributed by atoms with van der Waals surface area (Å²) in [6, 6.07) is 19.6. The molecule has 3 aliphatic rings. The summed E-state index contributed by atoms with van der Waals surface area (Å²) < 4.78 is 29.4. The molecule has 0 bridgehead atoms. The summed E-state index contributed by atoms with van der Waals surface area (Å²) in [7, 11) is -2.97. The van der Waals surface area contributed by atoms with E-state index in [9.17, 15) is 18.0 Å². The van der Waals surface area contributed by atoms with E-state index in [-0.39, 0.29) is 30.1 Å². The summed E-state index contributed by atoms with van der Waals surface area (Å²) >= 11 is 11.8. The molecule has 3 aromatic rings. The van der Waals surface area contributed by atoms with Gasteiger partial charge in [-0.15, -0.1) is 6.42 Å². The van der Waals surface area contributed by atoms with Gasteiger partial charge in [0.25, 0.3) is 0 Å². The van der Waals surface area contributed by atoms with Crippen LogP contribution in [-0.4, -0.2) is 62.9 Å². The fourth-order valence-corrected chi connectivity index (χ4v) is 7.39. The number of nitrogens with one attached hydrogen (secondary N) is 2. The van der Waals surface area contributed by atoms with Crippen LogP contribution in [0.5, 0.6) is 5.75 Å². The second-order valence-corrected chi connectivity index (χ2v) is 15.1. The number of carbonyl (C=O) groups is 2. The first kappa shape index (κ1) is 33.8. The molecule has 11 heteroatoms. The molecule has 3 aromatic carbocycles. The molecule has 0 aliphatic carbocycles. The highest BCUT2D eigenvalue weighted by atomic mass is 35.5. The number of ether oxygens (including phenoxy) is 1. The maximum Gasteiger partial charge on any atom is 0.237 e. The Morgan fingerprint density at radius 1 is 1.02 bits per heavy atom. The molecular formula is C35H37Cl2N3O5S. The third-order valence-corrected chi connectivity index (χ3v) is 10.2. The fraction of sp³-hybridized carbons (Fsp3) is 0.371. The summed E-state index contributed by atoms with van der Waals surface area (Å²) in [6.07, 6.45) is 9.66. The van der Waals surface area contributed by atoms with Gasteiger partial charge in [0.2, 0.25) is 11.8 Å². The molecule has 3 heterocycles. The number of hydrogen-bond acceptors (Lipinski definition) is 6. The fourth-order valence-electron chi connectivity index (χ4n) is 6.42. The lowest BCUT2D eigenvalue weighted by atomic mass is 9.67. The smallest absolute Gasteiger partial charge is 0.237 e. The van der Waals surface area contributed by atoms with Crippen molar-refractivity contribution in [2.45, 2.75) is 49.7 Å². The van der Waals surface area contributed by atoms with Crippen LogP contribution in [0.15, 0.2) is 66.7 Å². The molecule has 1 spiro atoms. The molecule has 3 aliphatic heterocycles. The van der Waals surface area contributed by atoms with Crippen LogP contribution in [0.3, 0.4) is 0 Å². The van der Waals surface area contributed by atoms with Crippen LogP contribution >= 0.6 is 23.2 Å². The van der Waals surface area contributed by atoms with Gasteiger partial charge in [0.05, 0.1) is 11.8 Å². The molecule has 0 saturated carbocycles. The lowest BCUT2D eigenvalue weighted by Gasteiger charge is -2.41. The van der Waals surface area contributed by atoms with E-state index in [1.54, 1.807) is 18.2 Å². The molecule has 2 N–H and O–H groups in total. The highest BCUT2D eigenvalue weighted by Crippen LogP contribution is 2.53. The second-order valence-electron chi connectivity index (χ2n) is 12.0. The van der Waals surface area contributed by atoms with Gasteiger partial charge in [0.1, 0.15) is 27.1 Å². The average Bonchev–Trinajstić information content (AvgIpc) is 3.29. The molecule has 2 atom stereocenters. The molecule has 0 aromatic heterocycles. The van der Waals surface area contributed by atoms with Gasteiger partial charge in [-0.05, 0) is 80.3 Å². The van der Waals surface area contributed by atoms with Crippen LogP contribution in [0.4, 0.5) is 5.69 Å². The van der Waals surface area contributed by atoms with Gasteiger partial charge in [-0.1, -0.05) is 53.4 Å². The molecule has 2 saturated heterocycles. The zero-order chi connectivity index (χ0) is 32.9. The van der Waals surface area contributed by atoms with Crippen molar-refractivity contribution < 1.29 is 22.7 Å². The largest absolute Gasteiger partial charge is 0.490 e. The minimum Gasteiger partial charge on any atom is -0.490 e. The third kappa shape index (κ3) is 7.87. The first-order valence-electron chi connectivity index (χ1n) is 15.3. The van der Waals surface area contributed by atoms with Crippen molar-refractivity contribution in [3.8, 4) is 18.1 Å². The zero-order valence-corrected chi connectivity index (χ0v) is 27.9. The lowest BCUT2D eigenvalue weighted by Crippen LogP contribution is -2.52. The molecule has 0 radical (unpaired) electrons. The Kier molecular flexibility index (Phi) is 10.6. The topological polar surface area (TPSA) is 105 Å². The van der Waals surface area contributed by atoms with E-state index in [0.29, 0.717) is 40.4 Å². The van der Waals surface area contributed by atoms with Crippen LogP contribution in [0.2, 0.25) is 10.0 Å². The number of carbonyl (C=O) groups excluding carboxylic acids is 2. The number of hydrogen-bond donors (Lipinski definition) is 2. The minimum atomic E-state index is -2.97. The third-order valence-electron chi connectivity index (χ3n) is 8.70. The molecule has 46 heavy (non-hydrogen) atoms. The van der Waals surface area contributed by atoms with Gasteiger partial charge < -0.3 is 20.3 Å². The number of benzene rings is 3.